The molecule has 1 aliphatic carbocycles. The normalized spacial score (nSPS) is 17.2. The monoisotopic (exact) mass is 136 g/mol. The fourth-order valence-corrected chi connectivity index (χ4v) is 1.12. The molecule has 0 spiro atoms. The first-order valence-corrected chi connectivity index (χ1v) is 3.57. The number of rotatable bonds is 1. The topological polar surface area (TPSA) is 24.1 Å². The summed E-state index contributed by atoms with van der Waals surface area (Å²) in [6.07, 6.45) is 5.98. The van der Waals surface area contributed by atoms with Gasteiger partial charge in [-0.2, -0.15) is 0 Å². The number of hydrogen-bond acceptors (Lipinski definition) is 1. The summed E-state index contributed by atoms with van der Waals surface area (Å²) < 4.78 is 1.08. The second-order valence-corrected chi connectivity index (χ2v) is 2.79. The Morgan fingerprint density at radius 3 is 2.40 bits per heavy atom. The molecule has 2 heteroatoms. The Kier molecular flexibility index (Phi) is 1.13. The van der Waals surface area contributed by atoms with E-state index in [0.29, 0.717) is 0 Å². The first-order chi connectivity index (χ1) is 4.86. The van der Waals surface area contributed by atoms with Gasteiger partial charge in [-0.15, -0.1) is 0 Å². The summed E-state index contributed by atoms with van der Waals surface area (Å²) in [5, 5.41) is 8.88. The average Bonchev–Trinajstić information content (AvgIpc) is 2.71. The molecular formula is C8H10NO+. The van der Waals surface area contributed by atoms with E-state index in [-0.39, 0.29) is 0 Å². The van der Waals surface area contributed by atoms with Gasteiger partial charge in [0.15, 0.2) is 0 Å². The Morgan fingerprint density at radius 1 is 1.30 bits per heavy atom. The molecule has 0 saturated heterocycles. The van der Waals surface area contributed by atoms with E-state index in [4.69, 9.17) is 5.21 Å². The molecule has 1 N–H and O–H groups in total. The van der Waals surface area contributed by atoms with Gasteiger partial charge in [0.25, 0.3) is 0 Å². The zero-order valence-electron chi connectivity index (χ0n) is 5.70. The van der Waals surface area contributed by atoms with Gasteiger partial charge < -0.3 is 0 Å². The van der Waals surface area contributed by atoms with Crippen molar-refractivity contribution in [2.45, 2.75) is 18.8 Å². The van der Waals surface area contributed by atoms with Crippen LogP contribution in [0, 0.1) is 0 Å². The van der Waals surface area contributed by atoms with Crippen molar-refractivity contribution in [3.8, 4) is 0 Å². The zero-order chi connectivity index (χ0) is 6.97. The van der Waals surface area contributed by atoms with Crippen molar-refractivity contribution in [3.05, 3.63) is 30.1 Å². The van der Waals surface area contributed by atoms with Gasteiger partial charge in [0.05, 0.1) is 0 Å². The van der Waals surface area contributed by atoms with E-state index in [9.17, 15) is 0 Å². The van der Waals surface area contributed by atoms with Crippen molar-refractivity contribution >= 4 is 0 Å². The van der Waals surface area contributed by atoms with Crippen LogP contribution in [0.2, 0.25) is 0 Å². The van der Waals surface area contributed by atoms with Crippen LogP contribution < -0.4 is 4.73 Å². The van der Waals surface area contributed by atoms with E-state index in [1.165, 1.54) is 18.4 Å². The first-order valence-electron chi connectivity index (χ1n) is 3.57. The fraction of sp³-hybridized carbons (Fsp3) is 0.375. The van der Waals surface area contributed by atoms with Crippen LogP contribution in [0.4, 0.5) is 0 Å². The Morgan fingerprint density at radius 2 is 1.90 bits per heavy atom. The molecule has 0 radical (unpaired) electrons. The highest BCUT2D eigenvalue weighted by Gasteiger charge is 2.23. The molecule has 0 bridgehead atoms. The van der Waals surface area contributed by atoms with E-state index < -0.39 is 0 Å². The highest BCUT2D eigenvalue weighted by atomic mass is 16.5. The Hall–Kier alpha value is -1.05. The van der Waals surface area contributed by atoms with Gasteiger partial charge in [0, 0.05) is 16.9 Å². The second kappa shape index (κ2) is 1.97. The second-order valence-electron chi connectivity index (χ2n) is 2.79. The molecule has 0 aliphatic heterocycles. The molecule has 2 nitrogen and oxygen atoms in total. The van der Waals surface area contributed by atoms with Gasteiger partial charge in [0.1, 0.15) is 0 Å². The predicted molar refractivity (Wildman–Crippen MR) is 35.8 cm³/mol. The summed E-state index contributed by atoms with van der Waals surface area (Å²) in [5.74, 6) is 0.779. The third-order valence-electron chi connectivity index (χ3n) is 1.89. The Bertz CT molecular complexity index is 226. The van der Waals surface area contributed by atoms with Crippen molar-refractivity contribution in [1.82, 2.24) is 0 Å². The molecule has 0 amide bonds. The molecule has 1 aromatic heterocycles. The van der Waals surface area contributed by atoms with E-state index >= 15 is 0 Å². The maximum absolute atomic E-state index is 8.88. The van der Waals surface area contributed by atoms with Crippen molar-refractivity contribution in [2.24, 2.45) is 0 Å². The minimum Gasteiger partial charge on any atom is -0.285 e. The van der Waals surface area contributed by atoms with Gasteiger partial charge in [-0.05, 0) is 24.3 Å². The Labute approximate surface area is 59.7 Å². The van der Waals surface area contributed by atoms with Crippen LogP contribution in [0.15, 0.2) is 24.5 Å². The maximum Gasteiger partial charge on any atom is 0.222 e. The van der Waals surface area contributed by atoms with Crippen LogP contribution in [0.3, 0.4) is 0 Å². The zero-order valence-corrected chi connectivity index (χ0v) is 5.70. The van der Waals surface area contributed by atoms with Gasteiger partial charge in [-0.1, -0.05) is 0 Å². The fourth-order valence-electron chi connectivity index (χ4n) is 1.12. The lowest BCUT2D eigenvalue weighted by molar-refractivity contribution is -0.904. The third kappa shape index (κ3) is 0.967. The quantitative estimate of drug-likeness (QED) is 0.453. The predicted octanol–water partition coefficient (Wildman–Crippen LogP) is 1.09. The van der Waals surface area contributed by atoms with Crippen LogP contribution in [-0.4, -0.2) is 5.21 Å². The summed E-state index contributed by atoms with van der Waals surface area (Å²) >= 11 is 0. The first kappa shape index (κ1) is 5.71. The molecule has 1 saturated carbocycles. The van der Waals surface area contributed by atoms with Crippen molar-refractivity contribution in [1.29, 1.82) is 0 Å². The summed E-state index contributed by atoms with van der Waals surface area (Å²) in [6, 6.07) is 3.94. The number of hydrogen-bond donors (Lipinski definition) is 1. The number of pyridine rings is 1. The highest BCUT2D eigenvalue weighted by molar-refractivity contribution is 5.18. The highest BCUT2D eigenvalue weighted by Crippen LogP contribution is 2.39. The summed E-state index contributed by atoms with van der Waals surface area (Å²) in [7, 11) is 0. The average molecular weight is 136 g/mol. The maximum atomic E-state index is 8.88. The van der Waals surface area contributed by atoms with Crippen LogP contribution in [0.5, 0.6) is 0 Å². The van der Waals surface area contributed by atoms with Crippen molar-refractivity contribution < 1.29 is 9.94 Å². The van der Waals surface area contributed by atoms with Crippen LogP contribution in [0.1, 0.15) is 24.3 Å². The SMILES string of the molecule is O[n+]1ccc(C2CC2)cc1. The molecular weight excluding hydrogens is 126 g/mol. The molecule has 1 fully saturated rings. The molecule has 10 heavy (non-hydrogen) atoms. The molecule has 1 aromatic rings. The van der Waals surface area contributed by atoms with Crippen LogP contribution >= 0.6 is 0 Å². The lowest BCUT2D eigenvalue weighted by Gasteiger charge is -1.90. The largest absolute Gasteiger partial charge is 0.285 e. The van der Waals surface area contributed by atoms with Gasteiger partial charge >= 0.3 is 0 Å². The molecule has 0 atom stereocenters. The third-order valence-corrected chi connectivity index (χ3v) is 1.89. The molecule has 52 valence electrons. The molecule has 0 unspecified atom stereocenters. The summed E-state index contributed by atoms with van der Waals surface area (Å²) in [5.41, 5.74) is 1.35. The lowest BCUT2D eigenvalue weighted by Crippen LogP contribution is -2.27. The van der Waals surface area contributed by atoms with Crippen LogP contribution in [0.25, 0.3) is 0 Å². The Balaban J connectivity index is 2.28. The molecule has 1 aliphatic rings. The van der Waals surface area contributed by atoms with E-state index in [1.54, 1.807) is 12.4 Å². The van der Waals surface area contributed by atoms with Crippen molar-refractivity contribution in [2.75, 3.05) is 0 Å². The smallest absolute Gasteiger partial charge is 0.222 e. The van der Waals surface area contributed by atoms with Crippen molar-refractivity contribution in [3.63, 3.8) is 0 Å². The standard InChI is InChI=1S/C8H10NO/c10-9-5-3-8(4-6-9)7-1-2-7/h3-7,10H,1-2H2/q+1. The minimum absolute atomic E-state index is 0.779. The van der Waals surface area contributed by atoms with Gasteiger partial charge in [0.2, 0.25) is 12.4 Å². The molecule has 2 rings (SSSR count). The summed E-state index contributed by atoms with van der Waals surface area (Å²) in [4.78, 5) is 0. The molecule has 0 aromatic carbocycles. The number of nitrogens with zero attached hydrogens (tertiary/aromatic N) is 1. The van der Waals surface area contributed by atoms with E-state index in [1.807, 2.05) is 12.1 Å². The van der Waals surface area contributed by atoms with E-state index in [0.717, 1.165) is 10.6 Å². The number of aromatic nitrogens is 1. The van der Waals surface area contributed by atoms with Gasteiger partial charge in [-0.3, -0.25) is 5.21 Å². The van der Waals surface area contributed by atoms with E-state index in [2.05, 4.69) is 0 Å². The lowest BCUT2D eigenvalue weighted by atomic mass is 10.2. The van der Waals surface area contributed by atoms with Gasteiger partial charge in [-0.25, -0.2) is 0 Å². The minimum atomic E-state index is 0.779. The molecule has 1 heterocycles. The van der Waals surface area contributed by atoms with Crippen LogP contribution in [-0.2, 0) is 0 Å². The summed E-state index contributed by atoms with van der Waals surface area (Å²) in [6.45, 7) is 0.